The van der Waals surface area contributed by atoms with E-state index in [0.717, 1.165) is 58.7 Å². The number of amides is 1. The molecular weight excluding hydrogens is 623 g/mol. The molecule has 47 heavy (non-hydrogen) atoms. The van der Waals surface area contributed by atoms with Gasteiger partial charge in [0.05, 0.1) is 36.0 Å². The fourth-order valence-corrected chi connectivity index (χ4v) is 5.80. The topological polar surface area (TPSA) is 110 Å². The average Bonchev–Trinajstić information content (AvgIpc) is 3.60. The number of fused-ring (bicyclic) bond motifs is 1. The summed E-state index contributed by atoms with van der Waals surface area (Å²) >= 11 is 6.55. The van der Waals surface area contributed by atoms with E-state index in [-0.39, 0.29) is 24.4 Å². The molecule has 1 unspecified atom stereocenters. The quantitative estimate of drug-likeness (QED) is 0.116. The number of halogens is 2. The van der Waals surface area contributed by atoms with Crippen LogP contribution in [0.15, 0.2) is 73.1 Å². The standard InChI is InChI=1S/C35H38ClFN6O4/c36-29-19-27(7-9-32(29)47-22-24-4-1-5-25(37)18-24)41-35-28-20-31(42-34(44)10-8-26-6-2-11-38-26)33(21-30(28)39-23-40-35)46-15-3-12-43-13-16-45-17-14-43/h1,4-5,7-10,18-21,23,26,38H,2-3,6,11-17,22H2,(H,42,44)(H,39,40,41)/b10-8+. The molecule has 1 aromatic heterocycles. The third-order valence-electron chi connectivity index (χ3n) is 8.03. The molecule has 0 saturated carbocycles. The van der Waals surface area contributed by atoms with Gasteiger partial charge in [-0.25, -0.2) is 14.4 Å². The van der Waals surface area contributed by atoms with Crippen molar-refractivity contribution in [3.05, 3.63) is 89.5 Å². The zero-order valence-corrected chi connectivity index (χ0v) is 26.8. The van der Waals surface area contributed by atoms with Crippen LogP contribution in [-0.4, -0.2) is 72.8 Å². The van der Waals surface area contributed by atoms with Gasteiger partial charge in [0.2, 0.25) is 5.91 Å². The summed E-state index contributed by atoms with van der Waals surface area (Å²) in [6, 6.07) is 15.4. The summed E-state index contributed by atoms with van der Waals surface area (Å²) in [6.45, 7) is 5.86. The molecule has 246 valence electrons. The van der Waals surface area contributed by atoms with Crippen molar-refractivity contribution in [3.63, 3.8) is 0 Å². The Balaban J connectivity index is 1.18. The number of rotatable bonds is 13. The molecule has 2 aliphatic heterocycles. The molecule has 1 amide bonds. The van der Waals surface area contributed by atoms with Crippen LogP contribution in [0.2, 0.25) is 5.02 Å². The minimum atomic E-state index is -0.322. The van der Waals surface area contributed by atoms with Gasteiger partial charge in [-0.15, -0.1) is 0 Å². The van der Waals surface area contributed by atoms with Crippen LogP contribution in [0.4, 0.5) is 21.6 Å². The number of carbonyl (C=O) groups is 1. The van der Waals surface area contributed by atoms with Crippen molar-refractivity contribution in [1.29, 1.82) is 0 Å². The number of aromatic nitrogens is 2. The number of nitrogens with zero attached hydrogens (tertiary/aromatic N) is 3. The van der Waals surface area contributed by atoms with Gasteiger partial charge >= 0.3 is 0 Å². The van der Waals surface area contributed by atoms with Gasteiger partial charge in [0.1, 0.15) is 36.1 Å². The van der Waals surface area contributed by atoms with Crippen molar-refractivity contribution in [2.24, 2.45) is 0 Å². The van der Waals surface area contributed by atoms with E-state index in [4.69, 9.17) is 25.8 Å². The second-order valence-electron chi connectivity index (χ2n) is 11.5. The van der Waals surface area contributed by atoms with Crippen LogP contribution in [0.5, 0.6) is 11.5 Å². The van der Waals surface area contributed by atoms with Crippen LogP contribution in [0.25, 0.3) is 10.9 Å². The first-order chi connectivity index (χ1) is 23.0. The van der Waals surface area contributed by atoms with Crippen molar-refractivity contribution in [3.8, 4) is 11.5 Å². The van der Waals surface area contributed by atoms with E-state index < -0.39 is 0 Å². The van der Waals surface area contributed by atoms with Gasteiger partial charge in [-0.1, -0.05) is 29.8 Å². The number of hydrogen-bond donors (Lipinski definition) is 3. The summed E-state index contributed by atoms with van der Waals surface area (Å²) in [7, 11) is 0. The van der Waals surface area contributed by atoms with Gasteiger partial charge in [0, 0.05) is 48.9 Å². The number of nitrogens with one attached hydrogen (secondary N) is 3. The molecule has 10 nitrogen and oxygen atoms in total. The van der Waals surface area contributed by atoms with E-state index in [1.165, 1.54) is 18.5 Å². The Hall–Kier alpha value is -4.29. The van der Waals surface area contributed by atoms with Crippen LogP contribution < -0.4 is 25.4 Å². The smallest absolute Gasteiger partial charge is 0.248 e. The van der Waals surface area contributed by atoms with Gasteiger partial charge in [0.25, 0.3) is 0 Å². The van der Waals surface area contributed by atoms with Crippen molar-refractivity contribution in [1.82, 2.24) is 20.2 Å². The van der Waals surface area contributed by atoms with E-state index >= 15 is 0 Å². The Bertz CT molecular complexity index is 1710. The molecule has 3 aromatic carbocycles. The van der Waals surface area contributed by atoms with E-state index in [9.17, 15) is 9.18 Å². The number of ether oxygens (including phenoxy) is 3. The molecule has 4 aromatic rings. The van der Waals surface area contributed by atoms with Gasteiger partial charge in [-0.05, 0) is 67.8 Å². The second-order valence-corrected chi connectivity index (χ2v) is 11.9. The highest BCUT2D eigenvalue weighted by Crippen LogP contribution is 2.35. The molecule has 2 fully saturated rings. The fourth-order valence-electron chi connectivity index (χ4n) is 5.57. The van der Waals surface area contributed by atoms with Gasteiger partial charge in [-0.2, -0.15) is 0 Å². The molecule has 3 N–H and O–H groups in total. The minimum absolute atomic E-state index is 0.180. The van der Waals surface area contributed by atoms with Crippen LogP contribution in [0.3, 0.4) is 0 Å². The molecule has 0 bridgehead atoms. The Morgan fingerprint density at radius 1 is 1.11 bits per heavy atom. The van der Waals surface area contributed by atoms with Gasteiger partial charge in [0.15, 0.2) is 0 Å². The first kappa shape index (κ1) is 32.6. The molecule has 3 heterocycles. The molecule has 2 aliphatic rings. The molecule has 6 rings (SSSR count). The van der Waals surface area contributed by atoms with Crippen LogP contribution in [0, 0.1) is 5.82 Å². The largest absolute Gasteiger partial charge is 0.491 e. The van der Waals surface area contributed by atoms with E-state index in [0.29, 0.717) is 56.8 Å². The van der Waals surface area contributed by atoms with Crippen LogP contribution in [-0.2, 0) is 16.1 Å². The lowest BCUT2D eigenvalue weighted by molar-refractivity contribution is -0.111. The average molecular weight is 661 g/mol. The zero-order chi connectivity index (χ0) is 32.4. The molecule has 12 heteroatoms. The predicted octanol–water partition coefficient (Wildman–Crippen LogP) is 6.09. The number of carbonyl (C=O) groups excluding carboxylic acids is 1. The molecule has 1 atom stereocenters. The van der Waals surface area contributed by atoms with Crippen LogP contribution in [0.1, 0.15) is 24.8 Å². The SMILES string of the molecule is O=C(/C=C/C1CCCN1)Nc1cc2c(Nc3ccc(OCc4cccc(F)c4)c(Cl)c3)ncnc2cc1OCCCN1CCOCC1. The Labute approximate surface area is 278 Å². The first-order valence-electron chi connectivity index (χ1n) is 15.9. The molecule has 2 saturated heterocycles. The summed E-state index contributed by atoms with van der Waals surface area (Å²) in [5.41, 5.74) is 2.55. The fraction of sp³-hybridized carbons (Fsp3) is 0.343. The van der Waals surface area contributed by atoms with E-state index in [1.54, 1.807) is 30.3 Å². The minimum Gasteiger partial charge on any atom is -0.491 e. The maximum atomic E-state index is 13.5. The molecule has 0 aliphatic carbocycles. The predicted molar refractivity (Wildman–Crippen MR) is 181 cm³/mol. The van der Waals surface area contributed by atoms with Crippen LogP contribution >= 0.6 is 11.6 Å². The highest BCUT2D eigenvalue weighted by atomic mass is 35.5. The normalized spacial score (nSPS) is 16.9. The number of hydrogen-bond acceptors (Lipinski definition) is 9. The zero-order valence-electron chi connectivity index (χ0n) is 26.0. The monoisotopic (exact) mass is 660 g/mol. The molecular formula is C35H38ClFN6O4. The number of anilines is 3. The van der Waals surface area contributed by atoms with E-state index in [1.807, 2.05) is 24.3 Å². The maximum Gasteiger partial charge on any atom is 0.248 e. The molecule has 0 spiro atoms. The highest BCUT2D eigenvalue weighted by molar-refractivity contribution is 6.32. The summed E-state index contributed by atoms with van der Waals surface area (Å²) in [6.07, 6.45) is 7.87. The number of morpholine rings is 1. The van der Waals surface area contributed by atoms with Gasteiger partial charge in [-0.3, -0.25) is 9.69 Å². The molecule has 0 radical (unpaired) electrons. The lowest BCUT2D eigenvalue weighted by atomic mass is 10.1. The Morgan fingerprint density at radius 3 is 2.81 bits per heavy atom. The maximum absolute atomic E-state index is 13.5. The Morgan fingerprint density at radius 2 is 2.00 bits per heavy atom. The van der Waals surface area contributed by atoms with Crippen molar-refractivity contribution >= 4 is 45.6 Å². The summed E-state index contributed by atoms with van der Waals surface area (Å²) in [4.78, 5) is 24.3. The summed E-state index contributed by atoms with van der Waals surface area (Å²) < 4.78 is 31.0. The summed E-state index contributed by atoms with van der Waals surface area (Å²) in [5, 5.41) is 10.8. The lowest BCUT2D eigenvalue weighted by Gasteiger charge is -2.26. The van der Waals surface area contributed by atoms with E-state index in [2.05, 4.69) is 30.8 Å². The Kier molecular flexibility index (Phi) is 11.1. The highest BCUT2D eigenvalue weighted by Gasteiger charge is 2.16. The van der Waals surface area contributed by atoms with Gasteiger partial charge < -0.3 is 30.2 Å². The first-order valence-corrected chi connectivity index (χ1v) is 16.3. The van der Waals surface area contributed by atoms with Crippen molar-refractivity contribution < 1.29 is 23.4 Å². The second kappa shape index (κ2) is 16.0. The number of benzene rings is 3. The van der Waals surface area contributed by atoms with Crippen molar-refractivity contribution in [2.75, 3.05) is 56.6 Å². The van der Waals surface area contributed by atoms with Crippen molar-refractivity contribution in [2.45, 2.75) is 31.9 Å². The summed E-state index contributed by atoms with van der Waals surface area (Å²) in [5.74, 6) is 0.961. The third kappa shape index (κ3) is 9.17. The third-order valence-corrected chi connectivity index (χ3v) is 8.33. The lowest BCUT2D eigenvalue weighted by Crippen LogP contribution is -2.37.